The van der Waals surface area contributed by atoms with Gasteiger partial charge in [0.1, 0.15) is 0 Å². The van der Waals surface area contributed by atoms with Crippen molar-refractivity contribution < 1.29 is 0 Å². The van der Waals surface area contributed by atoms with Crippen molar-refractivity contribution in [2.24, 2.45) is 0 Å². The minimum Gasteiger partial charge on any atom is -0.316 e. The Balaban J connectivity index is 2.14. The average Bonchev–Trinajstić information content (AvgIpc) is 2.26. The van der Waals surface area contributed by atoms with E-state index < -0.39 is 0 Å². The normalized spacial score (nSPS) is 20.5. The maximum atomic E-state index is 3.46. The highest BCUT2D eigenvalue weighted by Gasteiger charge is 2.18. The van der Waals surface area contributed by atoms with Crippen molar-refractivity contribution in [3.63, 3.8) is 0 Å². The SMILES string of the molecule is CCNCC1CCCc2ccccc21. The van der Waals surface area contributed by atoms with Crippen LogP contribution >= 0.6 is 0 Å². The van der Waals surface area contributed by atoms with Gasteiger partial charge in [0.15, 0.2) is 0 Å². The molecule has 0 aliphatic heterocycles. The fraction of sp³-hybridized carbons (Fsp3) is 0.538. The van der Waals surface area contributed by atoms with Crippen LogP contribution in [0.25, 0.3) is 0 Å². The van der Waals surface area contributed by atoms with Crippen LogP contribution in [0.4, 0.5) is 0 Å². The molecule has 1 aromatic carbocycles. The molecule has 0 fully saturated rings. The number of hydrogen-bond acceptors (Lipinski definition) is 1. The predicted molar refractivity (Wildman–Crippen MR) is 60.7 cm³/mol. The molecule has 1 aliphatic rings. The molecule has 0 bridgehead atoms. The summed E-state index contributed by atoms with van der Waals surface area (Å²) < 4.78 is 0. The molecule has 2 rings (SSSR count). The van der Waals surface area contributed by atoms with Crippen LogP contribution in [0.2, 0.25) is 0 Å². The molecular formula is C13H19N. The molecule has 0 spiro atoms. The first-order valence-electron chi connectivity index (χ1n) is 5.70. The zero-order chi connectivity index (χ0) is 9.80. The quantitative estimate of drug-likeness (QED) is 0.771. The molecule has 1 aliphatic carbocycles. The first-order valence-corrected chi connectivity index (χ1v) is 5.70. The van der Waals surface area contributed by atoms with E-state index in [4.69, 9.17) is 0 Å². The summed E-state index contributed by atoms with van der Waals surface area (Å²) in [4.78, 5) is 0. The van der Waals surface area contributed by atoms with Gasteiger partial charge in [-0.25, -0.2) is 0 Å². The van der Waals surface area contributed by atoms with Crippen LogP contribution in [-0.4, -0.2) is 13.1 Å². The second-order valence-electron chi connectivity index (χ2n) is 4.10. The molecule has 0 aromatic heterocycles. The molecule has 14 heavy (non-hydrogen) atoms. The van der Waals surface area contributed by atoms with Crippen LogP contribution in [0.1, 0.15) is 36.8 Å². The number of aryl methyl sites for hydroxylation is 1. The van der Waals surface area contributed by atoms with Gasteiger partial charge in [0.25, 0.3) is 0 Å². The van der Waals surface area contributed by atoms with Crippen LogP contribution < -0.4 is 5.32 Å². The van der Waals surface area contributed by atoms with Crippen molar-refractivity contribution in [3.05, 3.63) is 35.4 Å². The average molecular weight is 189 g/mol. The molecule has 0 saturated heterocycles. The largest absolute Gasteiger partial charge is 0.316 e. The van der Waals surface area contributed by atoms with E-state index in [2.05, 4.69) is 36.5 Å². The van der Waals surface area contributed by atoms with E-state index in [9.17, 15) is 0 Å². The Bertz CT molecular complexity index is 293. The second kappa shape index (κ2) is 4.61. The molecule has 1 aromatic rings. The molecular weight excluding hydrogens is 170 g/mol. The van der Waals surface area contributed by atoms with Gasteiger partial charge in [-0.05, 0) is 42.9 Å². The Morgan fingerprint density at radius 3 is 3.07 bits per heavy atom. The van der Waals surface area contributed by atoms with E-state index in [1.807, 2.05) is 0 Å². The minimum atomic E-state index is 0.750. The van der Waals surface area contributed by atoms with E-state index in [0.717, 1.165) is 19.0 Å². The molecule has 1 nitrogen and oxygen atoms in total. The Morgan fingerprint density at radius 2 is 2.21 bits per heavy atom. The number of hydrogen-bond donors (Lipinski definition) is 1. The molecule has 1 N–H and O–H groups in total. The molecule has 76 valence electrons. The van der Waals surface area contributed by atoms with Crippen molar-refractivity contribution in [1.82, 2.24) is 5.32 Å². The third-order valence-corrected chi connectivity index (χ3v) is 3.13. The third kappa shape index (κ3) is 1.98. The second-order valence-corrected chi connectivity index (χ2v) is 4.10. The summed E-state index contributed by atoms with van der Waals surface area (Å²) in [5.41, 5.74) is 3.15. The lowest BCUT2D eigenvalue weighted by atomic mass is 9.83. The van der Waals surface area contributed by atoms with E-state index in [1.54, 1.807) is 11.1 Å². The maximum absolute atomic E-state index is 3.46. The summed E-state index contributed by atoms with van der Waals surface area (Å²) in [5.74, 6) is 0.750. The van der Waals surface area contributed by atoms with Gasteiger partial charge in [0, 0.05) is 6.54 Å². The van der Waals surface area contributed by atoms with Crippen molar-refractivity contribution >= 4 is 0 Å². The first kappa shape index (κ1) is 9.72. The molecule has 0 amide bonds. The van der Waals surface area contributed by atoms with Crippen LogP contribution in [0.3, 0.4) is 0 Å². The monoisotopic (exact) mass is 189 g/mol. The molecule has 0 heterocycles. The highest BCUT2D eigenvalue weighted by Crippen LogP contribution is 2.30. The van der Waals surface area contributed by atoms with E-state index in [-0.39, 0.29) is 0 Å². The van der Waals surface area contributed by atoms with E-state index in [0.29, 0.717) is 0 Å². The fourth-order valence-electron chi connectivity index (χ4n) is 2.39. The molecule has 0 saturated carbocycles. The summed E-state index contributed by atoms with van der Waals surface area (Å²) in [6.07, 6.45) is 3.98. The fourth-order valence-corrected chi connectivity index (χ4v) is 2.39. The van der Waals surface area contributed by atoms with Crippen molar-refractivity contribution in [1.29, 1.82) is 0 Å². The predicted octanol–water partition coefficient (Wildman–Crippen LogP) is 2.72. The van der Waals surface area contributed by atoms with Crippen LogP contribution in [0, 0.1) is 0 Å². The van der Waals surface area contributed by atoms with E-state index >= 15 is 0 Å². The standard InChI is InChI=1S/C13H19N/c1-2-14-10-12-8-5-7-11-6-3-4-9-13(11)12/h3-4,6,9,12,14H,2,5,7-8,10H2,1H3. The Kier molecular flexibility index (Phi) is 3.20. The van der Waals surface area contributed by atoms with Gasteiger partial charge >= 0.3 is 0 Å². The smallest absolute Gasteiger partial charge is 0.00201 e. The summed E-state index contributed by atoms with van der Waals surface area (Å²) >= 11 is 0. The molecule has 1 unspecified atom stereocenters. The van der Waals surface area contributed by atoms with Crippen molar-refractivity contribution in [2.75, 3.05) is 13.1 Å². The van der Waals surface area contributed by atoms with Crippen molar-refractivity contribution in [2.45, 2.75) is 32.1 Å². The lowest BCUT2D eigenvalue weighted by Crippen LogP contribution is -2.24. The highest BCUT2D eigenvalue weighted by atomic mass is 14.8. The number of fused-ring (bicyclic) bond motifs is 1. The van der Waals surface area contributed by atoms with Crippen LogP contribution in [-0.2, 0) is 6.42 Å². The highest BCUT2D eigenvalue weighted by molar-refractivity contribution is 5.32. The Morgan fingerprint density at radius 1 is 1.36 bits per heavy atom. The summed E-state index contributed by atoms with van der Waals surface area (Å²) in [6.45, 7) is 4.40. The molecule has 1 heteroatoms. The molecule has 0 radical (unpaired) electrons. The summed E-state index contributed by atoms with van der Waals surface area (Å²) in [7, 11) is 0. The van der Waals surface area contributed by atoms with Gasteiger partial charge in [-0.15, -0.1) is 0 Å². The van der Waals surface area contributed by atoms with Gasteiger partial charge in [-0.3, -0.25) is 0 Å². The lowest BCUT2D eigenvalue weighted by Gasteiger charge is -2.25. The lowest BCUT2D eigenvalue weighted by molar-refractivity contribution is 0.515. The summed E-state index contributed by atoms with van der Waals surface area (Å²) in [6, 6.07) is 8.92. The van der Waals surface area contributed by atoms with Gasteiger partial charge < -0.3 is 5.32 Å². The maximum Gasteiger partial charge on any atom is 0.00201 e. The zero-order valence-corrected chi connectivity index (χ0v) is 8.92. The van der Waals surface area contributed by atoms with Gasteiger partial charge in [-0.2, -0.15) is 0 Å². The molecule has 1 atom stereocenters. The number of benzene rings is 1. The topological polar surface area (TPSA) is 12.0 Å². The number of rotatable bonds is 3. The van der Waals surface area contributed by atoms with Gasteiger partial charge in [0.05, 0.1) is 0 Å². The minimum absolute atomic E-state index is 0.750. The van der Waals surface area contributed by atoms with Gasteiger partial charge in [0.2, 0.25) is 0 Å². The van der Waals surface area contributed by atoms with Crippen LogP contribution in [0.5, 0.6) is 0 Å². The number of nitrogens with one attached hydrogen (secondary N) is 1. The van der Waals surface area contributed by atoms with Gasteiger partial charge in [-0.1, -0.05) is 31.2 Å². The summed E-state index contributed by atoms with van der Waals surface area (Å²) in [5, 5.41) is 3.46. The van der Waals surface area contributed by atoms with E-state index in [1.165, 1.54) is 19.3 Å². The first-order chi connectivity index (χ1) is 6.92. The third-order valence-electron chi connectivity index (χ3n) is 3.13. The Hall–Kier alpha value is -0.820. The number of likely N-dealkylation sites (N-methyl/N-ethyl adjacent to an activating group) is 1. The zero-order valence-electron chi connectivity index (χ0n) is 8.92. The Labute approximate surface area is 86.5 Å². The van der Waals surface area contributed by atoms with Crippen LogP contribution in [0.15, 0.2) is 24.3 Å². The van der Waals surface area contributed by atoms with Crippen molar-refractivity contribution in [3.8, 4) is 0 Å².